The Kier molecular flexibility index (Phi) is 9.45. The van der Waals surface area contributed by atoms with E-state index in [4.69, 9.17) is 4.74 Å². The average molecular weight is 813 g/mol. The minimum Gasteiger partial charge on any atom is -0.748 e. The minimum absolute atomic E-state index is 0.0158. The third kappa shape index (κ3) is 7.84. The van der Waals surface area contributed by atoms with Crippen LogP contribution in [-0.2, 0) is 24.4 Å². The first-order chi connectivity index (χ1) is 13.8. The van der Waals surface area contributed by atoms with E-state index in [0.29, 0.717) is 7.14 Å². The third-order valence-corrected chi connectivity index (χ3v) is 6.08. The van der Waals surface area contributed by atoms with E-state index in [-0.39, 0.29) is 17.9 Å². The number of halogens is 9. The van der Waals surface area contributed by atoms with Gasteiger partial charge < -0.3 is 14.0 Å². The van der Waals surface area contributed by atoms with E-state index in [9.17, 15) is 48.9 Å². The largest absolute Gasteiger partial charge is 0.748 e. The van der Waals surface area contributed by atoms with E-state index in [0.717, 1.165) is 3.57 Å². The molecule has 0 saturated carbocycles. The molecule has 0 aliphatic rings. The number of carbonyl (C=O) groups is 2. The summed E-state index contributed by atoms with van der Waals surface area (Å²) in [4.78, 5) is 23.3. The second-order valence-electron chi connectivity index (χ2n) is 5.40. The Labute approximate surface area is 211 Å². The fraction of sp³-hybridized carbons (Fsp3) is 0.286. The highest BCUT2D eigenvalue weighted by Gasteiger charge is 2.75. The van der Waals surface area contributed by atoms with Crippen LogP contribution in [0, 0.1) is 10.7 Å². The lowest BCUT2D eigenvalue weighted by atomic mass is 10.1. The second-order valence-corrected chi connectivity index (χ2v) is 10.4. The smallest absolute Gasteiger partial charge is 0.438 e. The molecule has 1 aromatic carbocycles. The van der Waals surface area contributed by atoms with E-state index in [1.54, 1.807) is 57.3 Å². The van der Waals surface area contributed by atoms with Gasteiger partial charge in [-0.15, -0.1) is 0 Å². The van der Waals surface area contributed by atoms with Crippen LogP contribution in [0.4, 0.5) is 26.3 Å². The maximum absolute atomic E-state index is 13.1. The van der Waals surface area contributed by atoms with Crippen molar-refractivity contribution in [3.05, 3.63) is 35.0 Å². The van der Waals surface area contributed by atoms with Gasteiger partial charge in [0, 0.05) is 15.7 Å². The van der Waals surface area contributed by atoms with Gasteiger partial charge in [-0.3, -0.25) is 0 Å². The Morgan fingerprint density at radius 2 is 1.35 bits per heavy atom. The number of carbonyl (C=O) groups excluding carboxylic acids is 2. The monoisotopic (exact) mass is 813 g/mol. The van der Waals surface area contributed by atoms with Crippen molar-refractivity contribution in [2.75, 3.05) is 5.75 Å². The molecule has 0 aromatic heterocycles. The molecule has 0 N–H and O–H groups in total. The van der Waals surface area contributed by atoms with Gasteiger partial charge in [-0.05, 0) is 79.9 Å². The Balaban J connectivity index is 3.15. The van der Waals surface area contributed by atoms with Crippen LogP contribution in [0.3, 0.4) is 0 Å². The van der Waals surface area contributed by atoms with Crippen LogP contribution in [0.25, 0.3) is 0 Å². The summed E-state index contributed by atoms with van der Waals surface area (Å²) in [6.07, 6.45) is -13.0. The molecule has 0 radical (unpaired) electrons. The van der Waals surface area contributed by atoms with Gasteiger partial charge in [0.15, 0.2) is 5.75 Å². The number of benzene rings is 1. The molecule has 1 rings (SSSR count). The van der Waals surface area contributed by atoms with Gasteiger partial charge in [-0.2, -0.15) is 26.3 Å². The number of hydrogen-bond acceptors (Lipinski definition) is 7. The van der Waals surface area contributed by atoms with Crippen LogP contribution in [0.2, 0.25) is 0 Å². The molecule has 7 nitrogen and oxygen atoms in total. The van der Waals surface area contributed by atoms with Crippen LogP contribution in [0.15, 0.2) is 24.3 Å². The summed E-state index contributed by atoms with van der Waals surface area (Å²) < 4.78 is 120. The first-order valence-corrected chi connectivity index (χ1v) is 11.9. The zero-order valence-corrected chi connectivity index (χ0v) is 21.5. The molecule has 0 saturated heterocycles. The van der Waals surface area contributed by atoms with Gasteiger partial charge in [0.25, 0.3) is 0 Å². The summed E-state index contributed by atoms with van der Waals surface area (Å²) in [5.41, 5.74) is -5.63. The molecule has 0 unspecified atom stereocenters. The van der Waals surface area contributed by atoms with Gasteiger partial charge in [0.2, 0.25) is 0 Å². The van der Waals surface area contributed by atoms with E-state index in [1.165, 1.54) is 0 Å². The molecule has 0 amide bonds. The Morgan fingerprint density at radius 3 is 1.74 bits per heavy atom. The lowest BCUT2D eigenvalue weighted by molar-refractivity contribution is -0.360. The quantitative estimate of drug-likeness (QED) is 0.107. The fourth-order valence-corrected chi connectivity index (χ4v) is 6.51. The van der Waals surface area contributed by atoms with Gasteiger partial charge in [0.05, 0.1) is 23.0 Å². The summed E-state index contributed by atoms with van der Waals surface area (Å²) >= 11 is 5.56. The van der Waals surface area contributed by atoms with E-state index < -0.39 is 45.8 Å². The van der Waals surface area contributed by atoms with Crippen LogP contribution in [-0.4, -0.2) is 48.6 Å². The van der Waals surface area contributed by atoms with Crippen LogP contribution in [0.1, 0.15) is 0 Å². The summed E-state index contributed by atoms with van der Waals surface area (Å²) in [6.45, 7) is 0. The zero-order valence-electron chi connectivity index (χ0n) is 14.2. The fourth-order valence-electron chi connectivity index (χ4n) is 1.82. The predicted molar refractivity (Wildman–Crippen MR) is 115 cm³/mol. The molecule has 174 valence electrons. The maximum atomic E-state index is 13.1. The molecular weight excluding hydrogens is 807 g/mol. The lowest BCUT2D eigenvalue weighted by Crippen LogP contribution is -2.63. The van der Waals surface area contributed by atoms with Crippen molar-refractivity contribution in [3.8, 4) is 5.75 Å². The van der Waals surface area contributed by atoms with Gasteiger partial charge >= 0.3 is 29.9 Å². The number of alkyl halides is 6. The van der Waals surface area contributed by atoms with Gasteiger partial charge in [-0.1, -0.05) is 0 Å². The molecule has 0 spiro atoms. The number of rotatable bonds is 6. The Hall–Kier alpha value is -0.420. The van der Waals surface area contributed by atoms with Crippen molar-refractivity contribution in [1.29, 1.82) is 0 Å². The molecule has 31 heavy (non-hydrogen) atoms. The Morgan fingerprint density at radius 1 is 0.935 bits per heavy atom. The average Bonchev–Trinajstić information content (AvgIpc) is 2.52. The summed E-state index contributed by atoms with van der Waals surface area (Å²) in [6, 6.07) is 3.18. The van der Waals surface area contributed by atoms with Crippen molar-refractivity contribution in [2.24, 2.45) is 0 Å². The van der Waals surface area contributed by atoms with Crippen LogP contribution in [0.5, 0.6) is 5.75 Å². The van der Waals surface area contributed by atoms with Crippen LogP contribution < -0.4 is 4.74 Å². The maximum Gasteiger partial charge on any atom is 0.438 e. The number of ether oxygens (including phenoxy) is 2. The topological polar surface area (TPSA) is 110 Å². The van der Waals surface area contributed by atoms with E-state index >= 15 is 0 Å². The molecule has 0 aliphatic carbocycles. The molecule has 0 heterocycles. The molecular formula is C14H6F6I3O7S-. The molecule has 1 aromatic rings. The van der Waals surface area contributed by atoms with Gasteiger partial charge in [-0.25, -0.2) is 18.0 Å². The summed E-state index contributed by atoms with van der Waals surface area (Å²) in [5.74, 6) is -6.87. The van der Waals surface area contributed by atoms with Crippen molar-refractivity contribution in [2.45, 2.75) is 18.0 Å². The van der Waals surface area contributed by atoms with Crippen LogP contribution >= 0.6 is 67.8 Å². The minimum atomic E-state index is -6.51. The standard InChI is InChI=1S/C14H7F6I3O7S/c15-13(16,17)12(14(18,19)20,5-31(26,27)28)30-10(25)2-1-9(24)29-11-7(22)3-6(21)4-8(11)23/h1-4H,5H2,(H,26,27,28)/p-1/b2-1+. The van der Waals surface area contributed by atoms with Crippen molar-refractivity contribution >= 4 is 89.8 Å². The van der Waals surface area contributed by atoms with E-state index in [2.05, 4.69) is 4.74 Å². The molecule has 0 aliphatic heterocycles. The van der Waals surface area contributed by atoms with Gasteiger partial charge in [0.1, 0.15) is 0 Å². The second kappa shape index (κ2) is 10.2. The number of esters is 2. The molecule has 17 heteroatoms. The first kappa shape index (κ1) is 28.6. The van der Waals surface area contributed by atoms with Crippen molar-refractivity contribution < 1.29 is 58.4 Å². The summed E-state index contributed by atoms with van der Waals surface area (Å²) in [5, 5.41) is 0. The number of hydrogen-bond donors (Lipinski definition) is 0. The third-order valence-electron chi connectivity index (χ3n) is 3.09. The highest BCUT2D eigenvalue weighted by Crippen LogP contribution is 2.46. The normalized spacial score (nSPS) is 13.4. The summed E-state index contributed by atoms with van der Waals surface area (Å²) in [7, 11) is -6.16. The predicted octanol–water partition coefficient (Wildman–Crippen LogP) is 3.91. The molecule has 0 atom stereocenters. The molecule has 0 bridgehead atoms. The van der Waals surface area contributed by atoms with Crippen molar-refractivity contribution in [3.63, 3.8) is 0 Å². The highest BCUT2D eigenvalue weighted by molar-refractivity contribution is 14.1. The SMILES string of the molecule is O=C(/C=C/C(=O)OC(CS(=O)(=O)[O-])(C(F)(F)F)C(F)(F)F)Oc1c(I)cc(I)cc1I. The molecule has 0 fully saturated rings. The van der Waals surface area contributed by atoms with Crippen molar-refractivity contribution in [1.82, 2.24) is 0 Å². The zero-order chi connectivity index (χ0) is 24.4. The highest BCUT2D eigenvalue weighted by atomic mass is 127. The lowest BCUT2D eigenvalue weighted by Gasteiger charge is -2.36. The first-order valence-electron chi connectivity index (χ1n) is 7.13. The van der Waals surface area contributed by atoms with E-state index in [1.807, 2.05) is 22.6 Å². The Bertz CT molecular complexity index is 968.